The van der Waals surface area contributed by atoms with Crippen LogP contribution in [0.5, 0.6) is 0 Å². The molecule has 70 valence electrons. The van der Waals surface area contributed by atoms with Gasteiger partial charge in [-0.2, -0.15) is 0 Å². The Morgan fingerprint density at radius 3 is 2.25 bits per heavy atom. The molecule has 2 atom stereocenters. The summed E-state index contributed by atoms with van der Waals surface area (Å²) in [5, 5.41) is 2.76. The van der Waals surface area contributed by atoms with Gasteiger partial charge in [-0.3, -0.25) is 4.79 Å². The van der Waals surface area contributed by atoms with Gasteiger partial charge in [0, 0.05) is 7.05 Å². The third kappa shape index (κ3) is 0.970. The van der Waals surface area contributed by atoms with Crippen molar-refractivity contribution >= 4 is 5.91 Å². The van der Waals surface area contributed by atoms with Gasteiger partial charge in [0.1, 0.15) is 0 Å². The van der Waals surface area contributed by atoms with E-state index < -0.39 is 0 Å². The Morgan fingerprint density at radius 1 is 1.42 bits per heavy atom. The van der Waals surface area contributed by atoms with Crippen LogP contribution in [0.15, 0.2) is 0 Å². The number of nitrogens with one attached hydrogen (secondary N) is 1. The van der Waals surface area contributed by atoms with Crippen LogP contribution in [0.1, 0.15) is 40.0 Å². The zero-order valence-corrected chi connectivity index (χ0v) is 8.53. The van der Waals surface area contributed by atoms with Crippen molar-refractivity contribution in [2.75, 3.05) is 7.05 Å². The van der Waals surface area contributed by atoms with Gasteiger partial charge in [0.2, 0.25) is 5.91 Å². The molecular formula is C10H19NO. The van der Waals surface area contributed by atoms with E-state index in [9.17, 15) is 4.79 Å². The molecule has 0 saturated heterocycles. The molecule has 0 heterocycles. The molecule has 12 heavy (non-hydrogen) atoms. The molecule has 1 saturated carbocycles. The van der Waals surface area contributed by atoms with Crippen LogP contribution in [0.25, 0.3) is 0 Å². The van der Waals surface area contributed by atoms with Crippen molar-refractivity contribution in [3.63, 3.8) is 0 Å². The predicted octanol–water partition coefficient (Wildman–Crippen LogP) is 1.95. The molecule has 0 aromatic carbocycles. The van der Waals surface area contributed by atoms with E-state index in [1.54, 1.807) is 7.05 Å². The van der Waals surface area contributed by atoms with E-state index in [4.69, 9.17) is 0 Å². The fourth-order valence-electron chi connectivity index (χ4n) is 2.16. The van der Waals surface area contributed by atoms with Crippen LogP contribution in [-0.2, 0) is 4.79 Å². The average molecular weight is 169 g/mol. The summed E-state index contributed by atoms with van der Waals surface area (Å²) in [6.07, 6.45) is 3.32. The third-order valence-corrected chi connectivity index (χ3v) is 4.02. The molecule has 2 nitrogen and oxygen atoms in total. The first kappa shape index (κ1) is 9.56. The molecule has 0 radical (unpaired) electrons. The van der Waals surface area contributed by atoms with Crippen LogP contribution < -0.4 is 5.32 Å². The van der Waals surface area contributed by atoms with Crippen LogP contribution in [-0.4, -0.2) is 13.0 Å². The van der Waals surface area contributed by atoms with E-state index in [0.717, 1.165) is 12.8 Å². The van der Waals surface area contributed by atoms with E-state index in [1.807, 2.05) is 0 Å². The molecule has 1 fully saturated rings. The number of hydrogen-bond donors (Lipinski definition) is 1. The molecule has 1 amide bonds. The van der Waals surface area contributed by atoms with Crippen LogP contribution in [0.4, 0.5) is 0 Å². The molecule has 1 N–H and O–H groups in total. The summed E-state index contributed by atoms with van der Waals surface area (Å²) in [4.78, 5) is 11.6. The molecule has 0 bridgehead atoms. The van der Waals surface area contributed by atoms with Crippen molar-refractivity contribution in [3.05, 3.63) is 0 Å². The van der Waals surface area contributed by atoms with E-state index >= 15 is 0 Å². The fourth-order valence-corrected chi connectivity index (χ4v) is 2.16. The number of rotatable bonds is 2. The van der Waals surface area contributed by atoms with Crippen LogP contribution in [0.2, 0.25) is 0 Å². The summed E-state index contributed by atoms with van der Waals surface area (Å²) in [5.74, 6) is 0.207. The van der Waals surface area contributed by atoms with Crippen molar-refractivity contribution in [2.24, 2.45) is 10.8 Å². The maximum atomic E-state index is 11.6. The van der Waals surface area contributed by atoms with Gasteiger partial charge in [0.05, 0.1) is 5.41 Å². The lowest BCUT2D eigenvalue weighted by molar-refractivity contribution is -0.150. The molecule has 0 spiro atoms. The molecule has 2 heteroatoms. The molecule has 1 aliphatic rings. The SMILES string of the molecule is CCC1(C)CCC1(C)C(=O)NC. The van der Waals surface area contributed by atoms with Gasteiger partial charge in [0.25, 0.3) is 0 Å². The Hall–Kier alpha value is -0.530. The first-order valence-electron chi connectivity index (χ1n) is 4.72. The minimum Gasteiger partial charge on any atom is -0.359 e. The summed E-state index contributed by atoms with van der Waals surface area (Å²) < 4.78 is 0. The number of carbonyl (C=O) groups is 1. The van der Waals surface area contributed by atoms with Gasteiger partial charge < -0.3 is 5.32 Å². The number of carbonyl (C=O) groups excluding carboxylic acids is 1. The Kier molecular flexibility index (Phi) is 2.19. The van der Waals surface area contributed by atoms with Gasteiger partial charge in [-0.1, -0.05) is 20.8 Å². The first-order valence-corrected chi connectivity index (χ1v) is 4.72. The maximum Gasteiger partial charge on any atom is 0.226 e. The summed E-state index contributed by atoms with van der Waals surface area (Å²) in [6, 6.07) is 0. The molecule has 0 aliphatic heterocycles. The molecule has 2 unspecified atom stereocenters. The zero-order chi connectivity index (χ0) is 9.41. The van der Waals surface area contributed by atoms with Crippen LogP contribution in [0.3, 0.4) is 0 Å². The molecule has 0 aromatic rings. The van der Waals surface area contributed by atoms with Crippen molar-refractivity contribution < 1.29 is 4.79 Å². The van der Waals surface area contributed by atoms with Crippen molar-refractivity contribution in [2.45, 2.75) is 40.0 Å². The summed E-state index contributed by atoms with van der Waals surface area (Å²) in [5.41, 5.74) is 0.115. The summed E-state index contributed by atoms with van der Waals surface area (Å²) >= 11 is 0. The standard InChI is InChI=1S/C10H19NO/c1-5-9(2)6-7-10(9,3)8(12)11-4/h5-7H2,1-4H3,(H,11,12). The van der Waals surface area contributed by atoms with Gasteiger partial charge in [-0.25, -0.2) is 0 Å². The second-order valence-electron chi connectivity index (χ2n) is 4.33. The summed E-state index contributed by atoms with van der Waals surface area (Å²) in [6.45, 7) is 6.46. The van der Waals surface area contributed by atoms with Gasteiger partial charge >= 0.3 is 0 Å². The zero-order valence-electron chi connectivity index (χ0n) is 8.53. The second kappa shape index (κ2) is 2.75. The predicted molar refractivity (Wildman–Crippen MR) is 49.8 cm³/mol. The van der Waals surface area contributed by atoms with E-state index in [-0.39, 0.29) is 16.7 Å². The van der Waals surface area contributed by atoms with E-state index in [1.165, 1.54) is 6.42 Å². The van der Waals surface area contributed by atoms with Gasteiger partial charge in [0.15, 0.2) is 0 Å². The minimum absolute atomic E-state index is 0.115. The lowest BCUT2D eigenvalue weighted by Crippen LogP contribution is -2.55. The number of amides is 1. The molecule has 1 rings (SSSR count). The highest BCUT2D eigenvalue weighted by Crippen LogP contribution is 2.58. The topological polar surface area (TPSA) is 29.1 Å². The summed E-state index contributed by atoms with van der Waals surface area (Å²) in [7, 11) is 1.72. The average Bonchev–Trinajstić information content (AvgIpc) is 2.11. The molecular weight excluding hydrogens is 150 g/mol. The van der Waals surface area contributed by atoms with Crippen molar-refractivity contribution in [1.29, 1.82) is 0 Å². The maximum absolute atomic E-state index is 11.6. The van der Waals surface area contributed by atoms with Gasteiger partial charge in [-0.05, 0) is 24.7 Å². The Morgan fingerprint density at radius 2 is 2.00 bits per heavy atom. The smallest absolute Gasteiger partial charge is 0.226 e. The van der Waals surface area contributed by atoms with Crippen LogP contribution >= 0.6 is 0 Å². The Labute approximate surface area is 74.7 Å². The highest BCUT2D eigenvalue weighted by atomic mass is 16.2. The second-order valence-corrected chi connectivity index (χ2v) is 4.33. The van der Waals surface area contributed by atoms with Crippen molar-refractivity contribution in [3.8, 4) is 0 Å². The molecule has 0 aromatic heterocycles. The third-order valence-electron chi connectivity index (χ3n) is 4.02. The molecule has 1 aliphatic carbocycles. The quantitative estimate of drug-likeness (QED) is 0.672. The Bertz CT molecular complexity index is 198. The fraction of sp³-hybridized carbons (Fsp3) is 0.900. The lowest BCUT2D eigenvalue weighted by atomic mass is 9.49. The van der Waals surface area contributed by atoms with Gasteiger partial charge in [-0.15, -0.1) is 0 Å². The Balaban J connectivity index is 2.79. The first-order chi connectivity index (χ1) is 5.50. The number of hydrogen-bond acceptors (Lipinski definition) is 1. The highest BCUT2D eigenvalue weighted by Gasteiger charge is 2.55. The van der Waals surface area contributed by atoms with Crippen molar-refractivity contribution in [1.82, 2.24) is 5.32 Å². The lowest BCUT2D eigenvalue weighted by Gasteiger charge is -2.54. The van der Waals surface area contributed by atoms with E-state index in [0.29, 0.717) is 0 Å². The normalized spacial score (nSPS) is 40.3. The minimum atomic E-state index is -0.115. The monoisotopic (exact) mass is 169 g/mol. The highest BCUT2D eigenvalue weighted by molar-refractivity contribution is 5.83. The largest absolute Gasteiger partial charge is 0.359 e. The van der Waals surface area contributed by atoms with E-state index in [2.05, 4.69) is 26.1 Å². The van der Waals surface area contributed by atoms with Crippen LogP contribution in [0, 0.1) is 10.8 Å².